The van der Waals surface area contributed by atoms with Gasteiger partial charge in [-0.15, -0.1) is 0 Å². The lowest BCUT2D eigenvalue weighted by Crippen LogP contribution is -2.48. The Labute approximate surface area is 193 Å². The molecule has 32 heavy (non-hydrogen) atoms. The van der Waals surface area contributed by atoms with Crippen molar-refractivity contribution in [3.8, 4) is 11.5 Å². The van der Waals surface area contributed by atoms with Crippen molar-refractivity contribution in [2.75, 3.05) is 26.4 Å². The van der Waals surface area contributed by atoms with Crippen LogP contribution in [0.1, 0.15) is 41.5 Å². The fourth-order valence-electron chi connectivity index (χ4n) is 2.49. The van der Waals surface area contributed by atoms with Crippen molar-refractivity contribution in [3.63, 3.8) is 0 Å². The highest BCUT2D eigenvalue weighted by atomic mass is 32.1. The van der Waals surface area contributed by atoms with Crippen molar-refractivity contribution < 1.29 is 23.8 Å². The van der Waals surface area contributed by atoms with Gasteiger partial charge < -0.3 is 14.2 Å². The monoisotopic (exact) mass is 459 g/mol. The number of carbonyl (C=O) groups is 2. The van der Waals surface area contributed by atoms with Gasteiger partial charge in [-0.05, 0) is 61.5 Å². The number of hydrogen-bond acceptors (Lipinski definition) is 6. The summed E-state index contributed by atoms with van der Waals surface area (Å²) < 4.78 is 16.4. The minimum atomic E-state index is -0.463. The van der Waals surface area contributed by atoms with Gasteiger partial charge in [-0.2, -0.15) is 0 Å². The van der Waals surface area contributed by atoms with Gasteiger partial charge >= 0.3 is 0 Å². The van der Waals surface area contributed by atoms with E-state index in [4.69, 9.17) is 26.4 Å². The molecule has 0 fully saturated rings. The Hall–Kier alpha value is -3.17. The van der Waals surface area contributed by atoms with Gasteiger partial charge in [0.2, 0.25) is 0 Å². The van der Waals surface area contributed by atoms with Crippen LogP contribution in [-0.4, -0.2) is 43.4 Å². The molecule has 9 heteroatoms. The van der Waals surface area contributed by atoms with Crippen LogP contribution in [0.4, 0.5) is 0 Å². The Morgan fingerprint density at radius 3 is 2.34 bits per heavy atom. The minimum absolute atomic E-state index is 0.0515. The highest BCUT2D eigenvalue weighted by Crippen LogP contribution is 2.17. The Bertz CT molecular complexity index is 903. The Morgan fingerprint density at radius 1 is 0.938 bits per heavy atom. The molecule has 0 aliphatic rings. The van der Waals surface area contributed by atoms with Gasteiger partial charge in [0.1, 0.15) is 18.1 Å². The molecule has 2 aromatic rings. The number of para-hydroxylation sites is 1. The molecule has 0 spiro atoms. The van der Waals surface area contributed by atoms with E-state index in [-0.39, 0.29) is 5.11 Å². The molecule has 0 bridgehead atoms. The summed E-state index contributed by atoms with van der Waals surface area (Å²) in [6, 6.07) is 13.5. The third-order valence-electron chi connectivity index (χ3n) is 4.04. The molecule has 0 heterocycles. The summed E-state index contributed by atoms with van der Waals surface area (Å²) in [5.74, 6) is 0.642. The number of ether oxygens (including phenoxy) is 3. The quantitative estimate of drug-likeness (QED) is 0.285. The van der Waals surface area contributed by atoms with Crippen molar-refractivity contribution in [1.82, 2.24) is 16.2 Å². The van der Waals surface area contributed by atoms with Crippen LogP contribution in [-0.2, 0) is 4.74 Å². The van der Waals surface area contributed by atoms with Crippen LogP contribution in [0.15, 0.2) is 48.5 Å². The topological polar surface area (TPSA) is 97.9 Å². The highest BCUT2D eigenvalue weighted by molar-refractivity contribution is 7.80. The highest BCUT2D eigenvalue weighted by Gasteiger charge is 2.14. The predicted octanol–water partition coefficient (Wildman–Crippen LogP) is 3.09. The first-order chi connectivity index (χ1) is 15.4. The third-order valence-corrected chi connectivity index (χ3v) is 4.24. The van der Waals surface area contributed by atoms with Crippen LogP contribution in [0.2, 0.25) is 0 Å². The smallest absolute Gasteiger partial charge is 0.269 e. The minimum Gasteiger partial charge on any atom is -0.493 e. The fourth-order valence-corrected chi connectivity index (χ4v) is 2.63. The van der Waals surface area contributed by atoms with E-state index >= 15 is 0 Å². The van der Waals surface area contributed by atoms with Gasteiger partial charge in [0.05, 0.1) is 18.8 Å². The maximum absolute atomic E-state index is 12.5. The first kappa shape index (κ1) is 25.1. The van der Waals surface area contributed by atoms with Crippen LogP contribution in [0, 0.1) is 5.92 Å². The molecule has 2 rings (SSSR count). The molecular weight excluding hydrogens is 430 g/mol. The predicted molar refractivity (Wildman–Crippen MR) is 126 cm³/mol. The summed E-state index contributed by atoms with van der Waals surface area (Å²) >= 11 is 5.10. The average molecular weight is 460 g/mol. The second kappa shape index (κ2) is 13.3. The zero-order valence-electron chi connectivity index (χ0n) is 18.5. The lowest BCUT2D eigenvalue weighted by molar-refractivity contribution is 0.0930. The second-order valence-corrected chi connectivity index (χ2v) is 7.54. The van der Waals surface area contributed by atoms with E-state index in [0.717, 1.165) is 0 Å². The van der Waals surface area contributed by atoms with E-state index in [1.165, 1.54) is 0 Å². The van der Waals surface area contributed by atoms with Crippen LogP contribution >= 0.6 is 12.2 Å². The van der Waals surface area contributed by atoms with Gasteiger partial charge in [0.25, 0.3) is 11.8 Å². The molecular formula is C23H29N3O5S. The number of rotatable bonds is 10. The number of benzene rings is 2. The van der Waals surface area contributed by atoms with Gasteiger partial charge in [-0.1, -0.05) is 26.0 Å². The summed E-state index contributed by atoms with van der Waals surface area (Å²) in [5.41, 5.74) is 5.71. The molecule has 0 aliphatic heterocycles. The molecule has 0 unspecified atom stereocenters. The number of hydrogen-bond donors (Lipinski definition) is 3. The van der Waals surface area contributed by atoms with Crippen molar-refractivity contribution >= 4 is 29.1 Å². The lowest BCUT2D eigenvalue weighted by Gasteiger charge is -2.14. The van der Waals surface area contributed by atoms with E-state index in [0.29, 0.717) is 55.0 Å². The zero-order valence-corrected chi connectivity index (χ0v) is 19.3. The van der Waals surface area contributed by atoms with E-state index in [1.54, 1.807) is 48.5 Å². The Balaban J connectivity index is 1.84. The van der Waals surface area contributed by atoms with Gasteiger partial charge in [-0.3, -0.25) is 25.8 Å². The largest absolute Gasteiger partial charge is 0.493 e. The van der Waals surface area contributed by atoms with Crippen molar-refractivity contribution in [2.45, 2.75) is 20.8 Å². The standard InChI is InChI=1S/C23H29N3O5S/c1-4-29-13-14-30-20-8-6-5-7-19(20)22(28)24-23(32)26-25-21(27)17-9-11-18(12-10-17)31-15-16(2)3/h5-12,16H,4,13-15H2,1-3H3,(H,25,27)(H2,24,26,28,32). The molecule has 2 aromatic carbocycles. The average Bonchev–Trinajstić information content (AvgIpc) is 2.79. The summed E-state index contributed by atoms with van der Waals surface area (Å²) in [6.45, 7) is 7.94. The summed E-state index contributed by atoms with van der Waals surface area (Å²) in [6.07, 6.45) is 0. The maximum Gasteiger partial charge on any atom is 0.269 e. The molecule has 3 N–H and O–H groups in total. The van der Waals surface area contributed by atoms with Gasteiger partial charge in [0.15, 0.2) is 5.11 Å². The second-order valence-electron chi connectivity index (χ2n) is 7.13. The number of thiocarbonyl (C=S) groups is 1. The Kier molecular flexibility index (Phi) is 10.4. The van der Waals surface area contributed by atoms with Crippen molar-refractivity contribution in [1.29, 1.82) is 0 Å². The molecule has 172 valence electrons. The SMILES string of the molecule is CCOCCOc1ccccc1C(=O)NC(=S)NNC(=O)c1ccc(OCC(C)C)cc1. The summed E-state index contributed by atoms with van der Waals surface area (Å²) in [5, 5.41) is 2.47. The fraction of sp³-hybridized carbons (Fsp3) is 0.348. The summed E-state index contributed by atoms with van der Waals surface area (Å²) in [7, 11) is 0. The number of nitrogens with one attached hydrogen (secondary N) is 3. The molecule has 0 atom stereocenters. The maximum atomic E-state index is 12.5. The van der Waals surface area contributed by atoms with E-state index in [1.807, 2.05) is 6.92 Å². The van der Waals surface area contributed by atoms with Crippen molar-refractivity contribution in [2.24, 2.45) is 5.92 Å². The molecule has 0 aliphatic carbocycles. The van der Waals surface area contributed by atoms with E-state index < -0.39 is 11.8 Å². The molecule has 2 amide bonds. The van der Waals surface area contributed by atoms with Crippen LogP contribution in [0.25, 0.3) is 0 Å². The zero-order chi connectivity index (χ0) is 23.3. The molecule has 0 saturated carbocycles. The van der Waals surface area contributed by atoms with E-state index in [2.05, 4.69) is 30.0 Å². The van der Waals surface area contributed by atoms with Crippen LogP contribution in [0.3, 0.4) is 0 Å². The molecule has 8 nitrogen and oxygen atoms in total. The first-order valence-electron chi connectivity index (χ1n) is 10.3. The number of carbonyl (C=O) groups excluding carboxylic acids is 2. The number of amides is 2. The van der Waals surface area contributed by atoms with Crippen LogP contribution < -0.4 is 25.6 Å². The first-order valence-corrected chi connectivity index (χ1v) is 10.8. The number of hydrazine groups is 1. The molecule has 0 saturated heterocycles. The summed E-state index contributed by atoms with van der Waals surface area (Å²) in [4.78, 5) is 24.8. The van der Waals surface area contributed by atoms with Crippen LogP contribution in [0.5, 0.6) is 11.5 Å². The van der Waals surface area contributed by atoms with Gasteiger partial charge in [0, 0.05) is 12.2 Å². The lowest BCUT2D eigenvalue weighted by atomic mass is 10.2. The molecule has 0 aromatic heterocycles. The Morgan fingerprint density at radius 2 is 1.66 bits per heavy atom. The molecule has 0 radical (unpaired) electrons. The normalized spacial score (nSPS) is 10.4. The van der Waals surface area contributed by atoms with Crippen molar-refractivity contribution in [3.05, 3.63) is 59.7 Å². The van der Waals surface area contributed by atoms with Gasteiger partial charge in [-0.25, -0.2) is 0 Å². The third kappa shape index (κ3) is 8.52. The van der Waals surface area contributed by atoms with E-state index in [9.17, 15) is 9.59 Å².